The summed E-state index contributed by atoms with van der Waals surface area (Å²) >= 11 is 25.5. The summed E-state index contributed by atoms with van der Waals surface area (Å²) in [6, 6.07) is 17.4. The van der Waals surface area contributed by atoms with Crippen LogP contribution in [-0.4, -0.2) is 16.0 Å². The van der Waals surface area contributed by atoms with E-state index in [9.17, 15) is 9.59 Å². The number of rotatable bonds is 6. The topological polar surface area (TPSA) is 46.6 Å². The lowest BCUT2D eigenvalue weighted by Gasteiger charge is -2.15. The normalized spacial score (nSPS) is 14.9. The van der Waals surface area contributed by atoms with Gasteiger partial charge in [0.05, 0.1) is 11.4 Å². The first kappa shape index (κ1) is 24.0. The zero-order valence-corrected chi connectivity index (χ0v) is 20.7. The number of ether oxygens (including phenoxy) is 1. The van der Waals surface area contributed by atoms with Crippen LogP contribution in [0.15, 0.2) is 65.6 Å². The first-order chi connectivity index (χ1) is 15.8. The Bertz CT molecular complexity index is 1260. The van der Waals surface area contributed by atoms with Crippen molar-refractivity contribution in [3.05, 3.63) is 102 Å². The smallest absolute Gasteiger partial charge is 0.293 e. The molecule has 9 heteroatoms. The molecule has 0 atom stereocenters. The standard InChI is InChI=1S/C24H15Cl4NO3S/c25-16-4-1-3-14(9-16)13-32-21-8-7-17(26)10-15(21)11-22-23(30)29(24(31)33-22)12-18-19(27)5-2-6-20(18)28/h1-11H,12-13H2/b22-11+. The van der Waals surface area contributed by atoms with Crippen molar-refractivity contribution in [3.63, 3.8) is 0 Å². The van der Waals surface area contributed by atoms with Gasteiger partial charge in [0.25, 0.3) is 11.1 Å². The highest BCUT2D eigenvalue weighted by Gasteiger charge is 2.36. The van der Waals surface area contributed by atoms with Gasteiger partial charge in [0.1, 0.15) is 12.4 Å². The summed E-state index contributed by atoms with van der Waals surface area (Å²) in [4.78, 5) is 26.9. The zero-order chi connectivity index (χ0) is 23.5. The Balaban J connectivity index is 1.58. The van der Waals surface area contributed by atoms with E-state index in [1.54, 1.807) is 48.5 Å². The van der Waals surface area contributed by atoms with Gasteiger partial charge >= 0.3 is 0 Å². The highest BCUT2D eigenvalue weighted by Crippen LogP contribution is 2.37. The molecule has 0 aromatic heterocycles. The van der Waals surface area contributed by atoms with Gasteiger partial charge in [-0.05, 0) is 65.9 Å². The Morgan fingerprint density at radius 1 is 0.879 bits per heavy atom. The van der Waals surface area contributed by atoms with E-state index in [0.717, 1.165) is 22.2 Å². The fourth-order valence-corrected chi connectivity index (χ4v) is 4.91. The van der Waals surface area contributed by atoms with E-state index in [0.29, 0.717) is 37.0 Å². The predicted molar refractivity (Wildman–Crippen MR) is 135 cm³/mol. The van der Waals surface area contributed by atoms with E-state index >= 15 is 0 Å². The minimum absolute atomic E-state index is 0.0197. The van der Waals surface area contributed by atoms with Gasteiger partial charge in [-0.2, -0.15) is 0 Å². The van der Waals surface area contributed by atoms with E-state index in [-0.39, 0.29) is 18.1 Å². The molecule has 4 nitrogen and oxygen atoms in total. The third-order valence-electron chi connectivity index (χ3n) is 4.79. The fourth-order valence-electron chi connectivity index (χ4n) is 3.17. The van der Waals surface area contributed by atoms with Crippen molar-refractivity contribution in [3.8, 4) is 5.75 Å². The lowest BCUT2D eigenvalue weighted by Crippen LogP contribution is -2.27. The Morgan fingerprint density at radius 3 is 2.30 bits per heavy atom. The van der Waals surface area contributed by atoms with Gasteiger partial charge < -0.3 is 4.74 Å². The lowest BCUT2D eigenvalue weighted by atomic mass is 10.1. The number of thioether (sulfide) groups is 1. The second-order valence-electron chi connectivity index (χ2n) is 7.07. The second kappa shape index (κ2) is 10.4. The molecule has 0 aliphatic carbocycles. The van der Waals surface area contributed by atoms with Crippen molar-refractivity contribution in [2.75, 3.05) is 0 Å². The molecular weight excluding hydrogens is 524 g/mol. The van der Waals surface area contributed by atoms with Crippen LogP contribution in [0.3, 0.4) is 0 Å². The first-order valence-electron chi connectivity index (χ1n) is 9.67. The van der Waals surface area contributed by atoms with Gasteiger partial charge in [0.15, 0.2) is 0 Å². The molecule has 2 amide bonds. The first-order valence-corrected chi connectivity index (χ1v) is 12.0. The highest BCUT2D eigenvalue weighted by molar-refractivity contribution is 8.18. The van der Waals surface area contributed by atoms with Crippen molar-refractivity contribution < 1.29 is 14.3 Å². The van der Waals surface area contributed by atoms with Crippen molar-refractivity contribution in [1.29, 1.82) is 0 Å². The van der Waals surface area contributed by atoms with Crippen LogP contribution in [0.25, 0.3) is 6.08 Å². The van der Waals surface area contributed by atoms with Crippen LogP contribution >= 0.6 is 58.2 Å². The van der Waals surface area contributed by atoms with Crippen LogP contribution in [0.1, 0.15) is 16.7 Å². The van der Waals surface area contributed by atoms with Crippen molar-refractivity contribution in [1.82, 2.24) is 4.90 Å². The van der Waals surface area contributed by atoms with Crippen LogP contribution in [0.4, 0.5) is 4.79 Å². The number of carbonyl (C=O) groups excluding carboxylic acids is 2. The van der Waals surface area contributed by atoms with Crippen LogP contribution in [-0.2, 0) is 17.9 Å². The molecule has 0 N–H and O–H groups in total. The van der Waals surface area contributed by atoms with E-state index in [1.165, 1.54) is 0 Å². The summed E-state index contributed by atoms with van der Waals surface area (Å²) in [6.45, 7) is 0.254. The summed E-state index contributed by atoms with van der Waals surface area (Å²) in [7, 11) is 0. The third-order valence-corrected chi connectivity index (χ3v) is 6.88. The van der Waals surface area contributed by atoms with Crippen LogP contribution in [0.2, 0.25) is 20.1 Å². The van der Waals surface area contributed by atoms with Gasteiger partial charge in [-0.15, -0.1) is 0 Å². The maximum absolute atomic E-state index is 13.0. The minimum Gasteiger partial charge on any atom is -0.488 e. The number of hydrogen-bond donors (Lipinski definition) is 0. The Hall–Kier alpha value is -2.15. The van der Waals surface area contributed by atoms with Gasteiger partial charge in [0, 0.05) is 31.2 Å². The maximum atomic E-state index is 13.0. The minimum atomic E-state index is -0.443. The molecule has 0 radical (unpaired) electrons. The summed E-state index contributed by atoms with van der Waals surface area (Å²) in [5, 5.41) is 1.44. The molecule has 1 aliphatic heterocycles. The molecule has 1 aliphatic rings. The van der Waals surface area contributed by atoms with Crippen molar-refractivity contribution in [2.45, 2.75) is 13.2 Å². The number of halogens is 4. The number of carbonyl (C=O) groups is 2. The molecule has 0 bridgehead atoms. The Kier molecular flexibility index (Phi) is 7.57. The average molecular weight is 539 g/mol. The molecule has 168 valence electrons. The van der Waals surface area contributed by atoms with Gasteiger partial charge in [-0.1, -0.05) is 64.6 Å². The number of hydrogen-bond acceptors (Lipinski definition) is 4. The number of amides is 2. The molecular formula is C24H15Cl4NO3S. The van der Waals surface area contributed by atoms with E-state index in [4.69, 9.17) is 51.1 Å². The molecule has 3 aromatic rings. The largest absolute Gasteiger partial charge is 0.488 e. The lowest BCUT2D eigenvalue weighted by molar-refractivity contribution is -0.123. The molecule has 1 heterocycles. The van der Waals surface area contributed by atoms with Crippen molar-refractivity contribution >= 4 is 75.4 Å². The van der Waals surface area contributed by atoms with Crippen LogP contribution in [0.5, 0.6) is 5.75 Å². The zero-order valence-electron chi connectivity index (χ0n) is 16.9. The van der Waals surface area contributed by atoms with Gasteiger partial charge in [-0.25, -0.2) is 0 Å². The maximum Gasteiger partial charge on any atom is 0.293 e. The molecule has 0 saturated carbocycles. The molecule has 0 unspecified atom stereocenters. The second-order valence-corrected chi connectivity index (χ2v) is 9.75. The number of imide groups is 1. The van der Waals surface area contributed by atoms with E-state index in [2.05, 4.69) is 0 Å². The molecule has 1 saturated heterocycles. The van der Waals surface area contributed by atoms with Gasteiger partial charge in [-0.3, -0.25) is 14.5 Å². The monoisotopic (exact) mass is 537 g/mol. The molecule has 1 fully saturated rings. The van der Waals surface area contributed by atoms with Crippen LogP contribution < -0.4 is 4.74 Å². The molecule has 3 aromatic carbocycles. The molecule has 0 spiro atoms. The fraction of sp³-hybridized carbons (Fsp3) is 0.0833. The van der Waals surface area contributed by atoms with E-state index < -0.39 is 11.1 Å². The third kappa shape index (κ3) is 5.68. The molecule has 33 heavy (non-hydrogen) atoms. The Morgan fingerprint density at radius 2 is 1.58 bits per heavy atom. The van der Waals surface area contributed by atoms with Crippen LogP contribution in [0, 0.1) is 0 Å². The van der Waals surface area contributed by atoms with Gasteiger partial charge in [0.2, 0.25) is 0 Å². The highest BCUT2D eigenvalue weighted by atomic mass is 35.5. The summed E-state index contributed by atoms with van der Waals surface area (Å²) < 4.78 is 5.94. The summed E-state index contributed by atoms with van der Waals surface area (Å²) in [5.41, 5.74) is 1.98. The number of benzene rings is 3. The van der Waals surface area contributed by atoms with Crippen molar-refractivity contribution in [2.24, 2.45) is 0 Å². The SMILES string of the molecule is O=C1S/C(=C/c2cc(Cl)ccc2OCc2cccc(Cl)c2)C(=O)N1Cc1c(Cl)cccc1Cl. The molecule has 4 rings (SSSR count). The quantitative estimate of drug-likeness (QED) is 0.297. The summed E-state index contributed by atoms with van der Waals surface area (Å²) in [6.07, 6.45) is 1.60. The Labute approximate surface area is 215 Å². The average Bonchev–Trinajstić information content (AvgIpc) is 3.03. The van der Waals surface area contributed by atoms with E-state index in [1.807, 2.05) is 18.2 Å². The summed E-state index contributed by atoms with van der Waals surface area (Å²) in [5.74, 6) is 0.0714. The predicted octanol–water partition coefficient (Wildman–Crippen LogP) is 8.12. The number of nitrogens with zero attached hydrogens (tertiary/aromatic N) is 1.